The van der Waals surface area contributed by atoms with Crippen LogP contribution in [0.1, 0.15) is 40.2 Å². The van der Waals surface area contributed by atoms with E-state index in [1.165, 1.54) is 25.1 Å². The van der Waals surface area contributed by atoms with Gasteiger partial charge >= 0.3 is 7.12 Å². The van der Waals surface area contributed by atoms with Crippen LogP contribution in [0.25, 0.3) is 6.08 Å². The molecule has 0 radical (unpaired) electrons. The lowest BCUT2D eigenvalue weighted by molar-refractivity contribution is -0.118. The van der Waals surface area contributed by atoms with Crippen molar-refractivity contribution in [2.45, 2.75) is 45.8 Å². The summed E-state index contributed by atoms with van der Waals surface area (Å²) in [4.78, 5) is 11.3. The predicted molar refractivity (Wildman–Crippen MR) is 93.5 cm³/mol. The minimum atomic E-state index is -1.11. The predicted octanol–water partition coefficient (Wildman–Crippen LogP) is 2.70. The van der Waals surface area contributed by atoms with Crippen molar-refractivity contribution in [3.63, 3.8) is 0 Å². The molecule has 0 spiro atoms. The van der Waals surface area contributed by atoms with Crippen molar-refractivity contribution in [2.24, 2.45) is 0 Å². The number of anilines is 1. The van der Waals surface area contributed by atoms with Crippen LogP contribution < -0.4 is 11.1 Å². The Morgan fingerprint density at radius 3 is 2.28 bits per heavy atom. The zero-order chi connectivity index (χ0) is 19.0. The number of hydrogen-bond acceptors (Lipinski definition) is 4. The fourth-order valence-electron chi connectivity index (χ4n) is 2.31. The van der Waals surface area contributed by atoms with Gasteiger partial charge in [-0.1, -0.05) is 6.08 Å². The van der Waals surface area contributed by atoms with Crippen molar-refractivity contribution >= 4 is 24.8 Å². The van der Waals surface area contributed by atoms with Gasteiger partial charge in [0.2, 0.25) is 5.91 Å². The largest absolute Gasteiger partial charge is 0.492 e. The molecule has 1 aliphatic heterocycles. The molecule has 0 atom stereocenters. The van der Waals surface area contributed by atoms with E-state index in [0.29, 0.717) is 5.47 Å². The van der Waals surface area contributed by atoms with E-state index >= 15 is 0 Å². The van der Waals surface area contributed by atoms with Crippen LogP contribution in [0.15, 0.2) is 17.6 Å². The third kappa shape index (κ3) is 4.01. The third-order valence-electron chi connectivity index (χ3n) is 4.58. The summed E-state index contributed by atoms with van der Waals surface area (Å²) < 4.78 is 39.7. The Morgan fingerprint density at radius 2 is 1.76 bits per heavy atom. The van der Waals surface area contributed by atoms with E-state index in [9.17, 15) is 13.6 Å². The van der Waals surface area contributed by atoms with Gasteiger partial charge < -0.3 is 20.4 Å². The quantitative estimate of drug-likeness (QED) is 0.646. The topological polar surface area (TPSA) is 73.6 Å². The lowest BCUT2D eigenvalue weighted by Crippen LogP contribution is -2.41. The van der Waals surface area contributed by atoms with Crippen molar-refractivity contribution in [1.82, 2.24) is 5.32 Å². The molecule has 0 unspecified atom stereocenters. The molecular formula is C17H23BF2N2O3. The normalized spacial score (nSPS) is 19.2. The first-order valence-corrected chi connectivity index (χ1v) is 7.98. The number of nitrogens with two attached hydrogens (primary N) is 1. The maximum Gasteiger partial charge on any atom is 0.492 e. The molecule has 0 aliphatic carbocycles. The average molecular weight is 352 g/mol. The van der Waals surface area contributed by atoms with Gasteiger partial charge in [-0.2, -0.15) is 0 Å². The Hall–Kier alpha value is -1.93. The van der Waals surface area contributed by atoms with Crippen LogP contribution in [0.5, 0.6) is 0 Å². The average Bonchev–Trinajstić information content (AvgIpc) is 2.71. The molecule has 8 heteroatoms. The first-order chi connectivity index (χ1) is 11.4. The molecule has 0 bridgehead atoms. The molecule has 3 N–H and O–H groups in total. The molecule has 1 aromatic carbocycles. The molecule has 1 fully saturated rings. The number of hydrogen-bond donors (Lipinski definition) is 2. The van der Waals surface area contributed by atoms with Crippen LogP contribution in [0, 0.1) is 11.6 Å². The molecule has 1 saturated heterocycles. The van der Waals surface area contributed by atoms with Gasteiger partial charge in [0.1, 0.15) is 0 Å². The van der Waals surface area contributed by atoms with E-state index < -0.39 is 30.0 Å². The fraction of sp³-hybridized carbons (Fsp3) is 0.471. The van der Waals surface area contributed by atoms with Gasteiger partial charge in [0.05, 0.1) is 16.9 Å². The highest BCUT2D eigenvalue weighted by Crippen LogP contribution is 2.38. The van der Waals surface area contributed by atoms with Crippen molar-refractivity contribution in [3.05, 3.63) is 34.8 Å². The Labute approximate surface area is 146 Å². The Bertz CT molecular complexity index is 704. The zero-order valence-electron chi connectivity index (χ0n) is 15.1. The Morgan fingerprint density at radius 1 is 1.20 bits per heavy atom. The monoisotopic (exact) mass is 352 g/mol. The first-order valence-electron chi connectivity index (χ1n) is 7.98. The summed E-state index contributed by atoms with van der Waals surface area (Å²) >= 11 is 0. The summed E-state index contributed by atoms with van der Waals surface area (Å²) in [6, 6.07) is 2.65. The van der Waals surface area contributed by atoms with Gasteiger partial charge in [0.25, 0.3) is 0 Å². The number of amides is 1. The second-order valence-electron chi connectivity index (χ2n) is 7.09. The lowest BCUT2D eigenvalue weighted by atomic mass is 9.77. The molecule has 0 saturated carbocycles. The van der Waals surface area contributed by atoms with Crippen molar-refractivity contribution in [1.29, 1.82) is 0 Å². The van der Waals surface area contributed by atoms with Crippen molar-refractivity contribution < 1.29 is 22.9 Å². The van der Waals surface area contributed by atoms with Gasteiger partial charge in [-0.05, 0) is 45.3 Å². The van der Waals surface area contributed by atoms with Crippen molar-refractivity contribution in [2.75, 3.05) is 12.3 Å². The molecule has 1 amide bonds. The van der Waals surface area contributed by atoms with E-state index in [1.54, 1.807) is 0 Å². The number of nitrogens with one attached hydrogen (secondary N) is 1. The zero-order valence-corrected chi connectivity index (χ0v) is 15.1. The maximum atomic E-state index is 14.1. The first kappa shape index (κ1) is 19.4. The highest BCUT2D eigenvalue weighted by molar-refractivity contribution is 6.56. The minimum absolute atomic E-state index is 0.00163. The second kappa shape index (κ2) is 6.76. The molecule has 0 aromatic heterocycles. The van der Waals surface area contributed by atoms with E-state index in [-0.39, 0.29) is 23.7 Å². The molecule has 25 heavy (non-hydrogen) atoms. The van der Waals surface area contributed by atoms with Crippen LogP contribution in [0.4, 0.5) is 14.5 Å². The van der Waals surface area contributed by atoms with Crippen LogP contribution in [0.2, 0.25) is 0 Å². The van der Waals surface area contributed by atoms with Gasteiger partial charge in [-0.25, -0.2) is 8.78 Å². The van der Waals surface area contributed by atoms with Gasteiger partial charge in [-0.15, -0.1) is 0 Å². The number of carbonyl (C=O) groups is 1. The van der Waals surface area contributed by atoms with E-state index in [1.807, 2.05) is 27.7 Å². The Balaban J connectivity index is 2.40. The van der Waals surface area contributed by atoms with Crippen LogP contribution in [-0.2, 0) is 14.1 Å². The third-order valence-corrected chi connectivity index (χ3v) is 4.58. The molecule has 1 aromatic rings. The van der Waals surface area contributed by atoms with Gasteiger partial charge in [0, 0.05) is 19.0 Å². The van der Waals surface area contributed by atoms with E-state index in [2.05, 4.69) is 5.32 Å². The smallest absolute Gasteiger partial charge is 0.400 e. The number of benzene rings is 1. The van der Waals surface area contributed by atoms with E-state index in [0.717, 1.165) is 0 Å². The lowest BCUT2D eigenvalue weighted by Gasteiger charge is -2.32. The molecule has 5 nitrogen and oxygen atoms in total. The molecular weight excluding hydrogens is 329 g/mol. The van der Waals surface area contributed by atoms with Crippen LogP contribution >= 0.6 is 0 Å². The summed E-state index contributed by atoms with van der Waals surface area (Å²) in [5, 5.41) is 2.63. The SMILES string of the molecule is CC(=O)NCC(=Cc1ccc(N)c(F)c1F)B1OC(C)(C)C(C)(C)O1. The highest BCUT2D eigenvalue weighted by Gasteiger charge is 2.52. The molecule has 2 rings (SSSR count). The van der Waals surface area contributed by atoms with Gasteiger partial charge in [0.15, 0.2) is 11.6 Å². The minimum Gasteiger partial charge on any atom is -0.400 e. The number of rotatable bonds is 4. The molecule has 1 aliphatic rings. The Kier molecular flexibility index (Phi) is 5.25. The fourth-order valence-corrected chi connectivity index (χ4v) is 2.31. The summed E-state index contributed by atoms with van der Waals surface area (Å²) in [6.07, 6.45) is 1.41. The molecule has 1 heterocycles. The maximum absolute atomic E-state index is 14.1. The number of carbonyl (C=O) groups excluding carboxylic acids is 1. The summed E-state index contributed by atoms with van der Waals surface area (Å²) in [6.45, 7) is 8.97. The summed E-state index contributed by atoms with van der Waals surface area (Å²) in [5.41, 5.74) is 4.37. The van der Waals surface area contributed by atoms with Crippen LogP contribution in [0.3, 0.4) is 0 Å². The molecule has 136 valence electrons. The van der Waals surface area contributed by atoms with E-state index in [4.69, 9.17) is 15.0 Å². The van der Waals surface area contributed by atoms with Crippen molar-refractivity contribution in [3.8, 4) is 0 Å². The summed E-state index contributed by atoms with van der Waals surface area (Å²) in [7, 11) is -0.795. The summed E-state index contributed by atoms with van der Waals surface area (Å²) in [5.74, 6) is -2.43. The highest BCUT2D eigenvalue weighted by atomic mass is 19.2. The van der Waals surface area contributed by atoms with Crippen LogP contribution in [-0.4, -0.2) is 30.8 Å². The second-order valence-corrected chi connectivity index (χ2v) is 7.09. The number of nitrogen functional groups attached to an aromatic ring is 1. The standard InChI is InChI=1S/C17H23BF2N2O3/c1-10(23)22-9-12(18-24-16(2,3)17(4,5)25-18)8-11-6-7-13(21)15(20)14(11)19/h6-8H,9,21H2,1-5H3,(H,22,23). The number of halogens is 2. The van der Waals surface area contributed by atoms with Gasteiger partial charge in [-0.3, -0.25) is 4.79 Å².